The molecular formula is C11H14Cl3NO6. The van der Waals surface area contributed by atoms with E-state index in [1.165, 1.54) is 7.11 Å². The summed E-state index contributed by atoms with van der Waals surface area (Å²) in [5, 5.41) is 7.59. The van der Waals surface area contributed by atoms with Gasteiger partial charge < -0.3 is 23.7 Å². The van der Waals surface area contributed by atoms with Crippen LogP contribution in [0, 0.1) is 5.41 Å². The first kappa shape index (κ1) is 16.9. The largest absolute Gasteiger partial charge is 0.509 e. The molecule has 2 aliphatic rings. The number of carbonyl (C=O) groups is 1. The van der Waals surface area contributed by atoms with Crippen LogP contribution in [0.3, 0.4) is 0 Å². The lowest BCUT2D eigenvalue weighted by Gasteiger charge is -2.45. The van der Waals surface area contributed by atoms with E-state index >= 15 is 0 Å². The number of hydrogen-bond acceptors (Lipinski definition) is 7. The minimum absolute atomic E-state index is 0.573. The van der Waals surface area contributed by atoms with Crippen LogP contribution in [0.15, 0.2) is 0 Å². The maximum Gasteiger partial charge on any atom is 0.509 e. The predicted octanol–water partition coefficient (Wildman–Crippen LogP) is 2.40. The lowest BCUT2D eigenvalue weighted by Crippen LogP contribution is -2.62. The normalized spacial score (nSPS) is 34.7. The Labute approximate surface area is 136 Å². The van der Waals surface area contributed by atoms with Gasteiger partial charge in [0.15, 0.2) is 6.10 Å². The van der Waals surface area contributed by atoms with Gasteiger partial charge in [0.2, 0.25) is 18.3 Å². The fourth-order valence-corrected chi connectivity index (χ4v) is 2.48. The number of rotatable bonds is 2. The van der Waals surface area contributed by atoms with Gasteiger partial charge in [-0.1, -0.05) is 34.8 Å². The van der Waals surface area contributed by atoms with Crippen LogP contribution in [0.25, 0.3) is 0 Å². The third-order valence-corrected chi connectivity index (χ3v) is 3.72. The zero-order valence-electron chi connectivity index (χ0n) is 11.4. The molecule has 10 heteroatoms. The molecule has 21 heavy (non-hydrogen) atoms. The van der Waals surface area contributed by atoms with Gasteiger partial charge in [-0.2, -0.15) is 0 Å². The predicted molar refractivity (Wildman–Crippen MR) is 74.0 cm³/mol. The molecule has 0 amide bonds. The summed E-state index contributed by atoms with van der Waals surface area (Å²) in [5.74, 6) is -0.647. The first-order chi connectivity index (χ1) is 9.56. The quantitative estimate of drug-likeness (QED) is 0.351. The van der Waals surface area contributed by atoms with Crippen LogP contribution in [-0.4, -0.2) is 53.2 Å². The standard InChI is InChI=1S/C11H14Cl3NO6/c1-10(2)6(17-3)4-5(19-9(16)18-4)7(21-10)20-8(15)11(12,13)14/h4-7,15H,1-3H3/t4-,5?,6-,7+/m1/s1. The third-order valence-electron chi connectivity index (χ3n) is 3.21. The highest BCUT2D eigenvalue weighted by Gasteiger charge is 2.59. The van der Waals surface area contributed by atoms with Gasteiger partial charge in [-0.15, -0.1) is 0 Å². The average Bonchev–Trinajstić information content (AvgIpc) is 2.68. The van der Waals surface area contributed by atoms with Crippen molar-refractivity contribution in [2.45, 2.75) is 47.8 Å². The first-order valence-corrected chi connectivity index (χ1v) is 7.10. The molecule has 4 atom stereocenters. The Morgan fingerprint density at radius 1 is 1.29 bits per heavy atom. The Morgan fingerprint density at radius 2 is 1.86 bits per heavy atom. The molecule has 2 aliphatic heterocycles. The average molecular weight is 363 g/mol. The van der Waals surface area contributed by atoms with E-state index in [0.29, 0.717) is 0 Å². The van der Waals surface area contributed by atoms with Crippen LogP contribution in [0.5, 0.6) is 0 Å². The van der Waals surface area contributed by atoms with E-state index in [0.717, 1.165) is 0 Å². The maximum absolute atomic E-state index is 11.4. The number of methoxy groups -OCH3 is 1. The number of hydrogen-bond donors (Lipinski definition) is 1. The molecule has 2 rings (SSSR count). The summed E-state index contributed by atoms with van der Waals surface area (Å²) in [7, 11) is 1.46. The Morgan fingerprint density at radius 3 is 2.38 bits per heavy atom. The summed E-state index contributed by atoms with van der Waals surface area (Å²) < 4.78 is 24.2. The Kier molecular flexibility index (Phi) is 4.52. The number of ether oxygens (including phenoxy) is 5. The van der Waals surface area contributed by atoms with Crippen LogP contribution < -0.4 is 0 Å². The lowest BCUT2D eigenvalue weighted by atomic mass is 9.89. The van der Waals surface area contributed by atoms with Crippen molar-refractivity contribution in [2.24, 2.45) is 0 Å². The molecular weight excluding hydrogens is 348 g/mol. The van der Waals surface area contributed by atoms with Gasteiger partial charge in [0.25, 0.3) is 3.79 Å². The second-order valence-corrected chi connectivity index (χ2v) is 7.39. The number of fused-ring (bicyclic) bond motifs is 1. The first-order valence-electron chi connectivity index (χ1n) is 5.96. The molecule has 2 saturated heterocycles. The van der Waals surface area contributed by atoms with Crippen LogP contribution in [-0.2, 0) is 23.7 Å². The number of carbonyl (C=O) groups excluding carboxylic acids is 1. The molecule has 0 radical (unpaired) electrons. The molecule has 0 aromatic carbocycles. The van der Waals surface area contributed by atoms with Crippen molar-refractivity contribution in [1.29, 1.82) is 5.41 Å². The highest BCUT2D eigenvalue weighted by Crippen LogP contribution is 2.39. The van der Waals surface area contributed by atoms with Crippen LogP contribution in [0.1, 0.15) is 13.8 Å². The summed E-state index contributed by atoms with van der Waals surface area (Å²) in [4.78, 5) is 11.4. The van der Waals surface area contributed by atoms with Gasteiger partial charge in [-0.05, 0) is 13.8 Å². The van der Waals surface area contributed by atoms with E-state index in [1.54, 1.807) is 13.8 Å². The molecule has 0 aliphatic carbocycles. The molecule has 120 valence electrons. The number of alkyl halides is 3. The van der Waals surface area contributed by atoms with Crippen molar-refractivity contribution in [3.63, 3.8) is 0 Å². The van der Waals surface area contributed by atoms with Gasteiger partial charge in [0.05, 0.1) is 5.60 Å². The zero-order valence-corrected chi connectivity index (χ0v) is 13.7. The second kappa shape index (κ2) is 5.62. The molecule has 0 spiro atoms. The molecule has 0 bridgehead atoms. The van der Waals surface area contributed by atoms with Crippen molar-refractivity contribution >= 4 is 46.9 Å². The highest BCUT2D eigenvalue weighted by atomic mass is 35.6. The van der Waals surface area contributed by atoms with E-state index in [4.69, 9.17) is 63.9 Å². The monoisotopic (exact) mass is 361 g/mol. The maximum atomic E-state index is 11.4. The molecule has 0 aromatic rings. The topological polar surface area (TPSA) is 87.1 Å². The summed E-state index contributed by atoms with van der Waals surface area (Å²) in [5.41, 5.74) is -0.873. The molecule has 0 saturated carbocycles. The molecule has 2 heterocycles. The van der Waals surface area contributed by atoms with E-state index in [9.17, 15) is 4.79 Å². The number of nitrogens with one attached hydrogen (secondary N) is 1. The number of halogens is 3. The van der Waals surface area contributed by atoms with E-state index in [1.807, 2.05) is 0 Å². The summed E-state index contributed by atoms with van der Waals surface area (Å²) in [6.07, 6.45) is -4.27. The summed E-state index contributed by atoms with van der Waals surface area (Å²) in [6.45, 7) is 3.44. The van der Waals surface area contributed by atoms with Crippen LogP contribution in [0.4, 0.5) is 4.79 Å². The van der Waals surface area contributed by atoms with Crippen LogP contribution >= 0.6 is 34.8 Å². The third kappa shape index (κ3) is 3.32. The zero-order chi connectivity index (χ0) is 16.0. The smallest absolute Gasteiger partial charge is 0.444 e. The highest BCUT2D eigenvalue weighted by molar-refractivity contribution is 6.76. The van der Waals surface area contributed by atoms with E-state index in [2.05, 4.69) is 0 Å². The van der Waals surface area contributed by atoms with Crippen molar-refractivity contribution in [2.75, 3.05) is 7.11 Å². The van der Waals surface area contributed by atoms with E-state index in [-0.39, 0.29) is 0 Å². The molecule has 1 unspecified atom stereocenters. The minimum atomic E-state index is -2.05. The van der Waals surface area contributed by atoms with Gasteiger partial charge in [-0.3, -0.25) is 5.41 Å². The lowest BCUT2D eigenvalue weighted by molar-refractivity contribution is -0.287. The Balaban J connectivity index is 2.22. The summed E-state index contributed by atoms with van der Waals surface area (Å²) in [6, 6.07) is 0. The van der Waals surface area contributed by atoms with Gasteiger partial charge in [0, 0.05) is 7.11 Å². The van der Waals surface area contributed by atoms with Crippen LogP contribution in [0.2, 0.25) is 0 Å². The van der Waals surface area contributed by atoms with Crippen molar-refractivity contribution < 1.29 is 28.5 Å². The van der Waals surface area contributed by atoms with Crippen molar-refractivity contribution in [3.8, 4) is 0 Å². The van der Waals surface area contributed by atoms with Crippen molar-refractivity contribution in [3.05, 3.63) is 0 Å². The SMILES string of the molecule is CO[C@@H]1[C@@H]2OC(=O)OC2[C@@H](OC(=N)C(Cl)(Cl)Cl)OC1(C)C. The van der Waals surface area contributed by atoms with Gasteiger partial charge in [-0.25, -0.2) is 4.79 Å². The summed E-state index contributed by atoms with van der Waals surface area (Å²) >= 11 is 16.7. The molecule has 7 nitrogen and oxygen atoms in total. The van der Waals surface area contributed by atoms with Gasteiger partial charge in [0.1, 0.15) is 6.10 Å². The fraction of sp³-hybridized carbons (Fsp3) is 0.818. The Bertz CT molecular complexity index is 452. The van der Waals surface area contributed by atoms with E-state index < -0.39 is 46.0 Å². The van der Waals surface area contributed by atoms with Crippen molar-refractivity contribution in [1.82, 2.24) is 0 Å². The molecule has 0 aromatic heterocycles. The molecule has 2 fully saturated rings. The van der Waals surface area contributed by atoms with Gasteiger partial charge >= 0.3 is 6.16 Å². The second-order valence-electron chi connectivity index (χ2n) is 5.11. The molecule has 1 N–H and O–H groups in total. The Hall–Kier alpha value is -0.470. The minimum Gasteiger partial charge on any atom is -0.444 e. The fourth-order valence-electron chi connectivity index (χ4n) is 2.35.